The number of nitrogen functional groups attached to an aromatic ring is 1. The molecule has 0 bridgehead atoms. The van der Waals surface area contributed by atoms with E-state index in [1.54, 1.807) is 19.2 Å². The number of anilines is 1. The maximum atomic E-state index is 9.65. The van der Waals surface area contributed by atoms with Crippen molar-refractivity contribution in [2.45, 2.75) is 25.7 Å². The Morgan fingerprint density at radius 2 is 1.96 bits per heavy atom. The number of nitrogens with two attached hydrogens (primary N) is 2. The Hall–Kier alpha value is -3.33. The molecular formula is C21H23N3O3. The van der Waals surface area contributed by atoms with Gasteiger partial charge < -0.3 is 25.7 Å². The SMILES string of the molecule is CCCCOc1ccc([C@H]2C(C#N)=C(N)Oc3cc(N)ccc32)cc1OC. The molecule has 27 heavy (non-hydrogen) atoms. The summed E-state index contributed by atoms with van der Waals surface area (Å²) in [7, 11) is 1.60. The number of hydrogen-bond acceptors (Lipinski definition) is 6. The maximum absolute atomic E-state index is 9.65. The minimum atomic E-state index is -0.363. The lowest BCUT2D eigenvalue weighted by molar-refractivity contribution is 0.288. The van der Waals surface area contributed by atoms with Gasteiger partial charge in [-0.3, -0.25) is 0 Å². The monoisotopic (exact) mass is 365 g/mol. The van der Waals surface area contributed by atoms with Crippen LogP contribution >= 0.6 is 0 Å². The maximum Gasteiger partial charge on any atom is 0.205 e. The van der Waals surface area contributed by atoms with Gasteiger partial charge in [0.15, 0.2) is 11.5 Å². The van der Waals surface area contributed by atoms with E-state index in [0.717, 1.165) is 24.0 Å². The normalized spacial score (nSPS) is 15.5. The Morgan fingerprint density at radius 1 is 1.15 bits per heavy atom. The molecule has 0 fully saturated rings. The minimum Gasteiger partial charge on any atom is -0.493 e. The van der Waals surface area contributed by atoms with Crippen LogP contribution in [-0.2, 0) is 0 Å². The van der Waals surface area contributed by atoms with E-state index >= 15 is 0 Å². The molecule has 1 atom stereocenters. The van der Waals surface area contributed by atoms with Crippen molar-refractivity contribution in [3.63, 3.8) is 0 Å². The van der Waals surface area contributed by atoms with E-state index in [0.29, 0.717) is 35.1 Å². The summed E-state index contributed by atoms with van der Waals surface area (Å²) in [6.45, 7) is 2.74. The fraction of sp³-hybridized carbons (Fsp3) is 0.286. The summed E-state index contributed by atoms with van der Waals surface area (Å²) in [6.07, 6.45) is 2.02. The van der Waals surface area contributed by atoms with Crippen molar-refractivity contribution in [3.8, 4) is 23.3 Å². The van der Waals surface area contributed by atoms with Crippen LogP contribution in [0, 0.1) is 11.3 Å². The van der Waals surface area contributed by atoms with Gasteiger partial charge in [-0.2, -0.15) is 5.26 Å². The highest BCUT2D eigenvalue weighted by atomic mass is 16.5. The van der Waals surface area contributed by atoms with Crippen LogP contribution in [0.15, 0.2) is 47.9 Å². The molecule has 2 aromatic carbocycles. The first-order chi connectivity index (χ1) is 13.1. The Bertz CT molecular complexity index is 915. The highest BCUT2D eigenvalue weighted by Crippen LogP contribution is 2.44. The van der Waals surface area contributed by atoms with Crippen molar-refractivity contribution in [3.05, 3.63) is 59.0 Å². The molecule has 3 rings (SSSR count). The Labute approximate surface area is 158 Å². The van der Waals surface area contributed by atoms with Crippen molar-refractivity contribution in [1.29, 1.82) is 5.26 Å². The number of rotatable bonds is 6. The van der Waals surface area contributed by atoms with E-state index in [-0.39, 0.29) is 11.8 Å². The average Bonchev–Trinajstić information content (AvgIpc) is 2.67. The number of allylic oxidation sites excluding steroid dienone is 1. The van der Waals surface area contributed by atoms with Crippen LogP contribution < -0.4 is 25.7 Å². The lowest BCUT2D eigenvalue weighted by Gasteiger charge is -2.27. The highest BCUT2D eigenvalue weighted by Gasteiger charge is 2.31. The minimum absolute atomic E-state index is 0.0860. The fourth-order valence-corrected chi connectivity index (χ4v) is 3.12. The summed E-state index contributed by atoms with van der Waals surface area (Å²) in [5.41, 5.74) is 14.5. The second kappa shape index (κ2) is 7.92. The van der Waals surface area contributed by atoms with E-state index in [2.05, 4.69) is 13.0 Å². The first-order valence-corrected chi connectivity index (χ1v) is 8.86. The number of fused-ring (bicyclic) bond motifs is 1. The molecular weight excluding hydrogens is 342 g/mol. The number of hydrogen-bond donors (Lipinski definition) is 2. The van der Waals surface area contributed by atoms with E-state index in [1.165, 1.54) is 0 Å². The largest absolute Gasteiger partial charge is 0.493 e. The van der Waals surface area contributed by atoms with Crippen LogP contribution in [0.1, 0.15) is 36.8 Å². The second-order valence-electron chi connectivity index (χ2n) is 6.33. The molecule has 6 heteroatoms. The van der Waals surface area contributed by atoms with Gasteiger partial charge in [0.1, 0.15) is 17.4 Å². The van der Waals surface area contributed by atoms with Crippen molar-refractivity contribution < 1.29 is 14.2 Å². The van der Waals surface area contributed by atoms with Crippen LogP contribution in [0.3, 0.4) is 0 Å². The van der Waals surface area contributed by atoms with Gasteiger partial charge in [-0.05, 0) is 30.2 Å². The van der Waals surface area contributed by atoms with Gasteiger partial charge >= 0.3 is 0 Å². The van der Waals surface area contributed by atoms with E-state index in [1.807, 2.05) is 24.3 Å². The van der Waals surface area contributed by atoms with Crippen LogP contribution in [-0.4, -0.2) is 13.7 Å². The number of ether oxygens (including phenoxy) is 3. The fourth-order valence-electron chi connectivity index (χ4n) is 3.12. The van der Waals surface area contributed by atoms with Crippen LogP contribution in [0.4, 0.5) is 5.69 Å². The molecule has 1 heterocycles. The molecule has 0 spiro atoms. The summed E-state index contributed by atoms with van der Waals surface area (Å²) < 4.78 is 16.9. The molecule has 0 radical (unpaired) electrons. The van der Waals surface area contributed by atoms with Crippen molar-refractivity contribution >= 4 is 5.69 Å². The molecule has 6 nitrogen and oxygen atoms in total. The van der Waals surface area contributed by atoms with Gasteiger partial charge in [0.05, 0.1) is 19.6 Å². The summed E-state index contributed by atoms with van der Waals surface area (Å²) >= 11 is 0. The lowest BCUT2D eigenvalue weighted by Crippen LogP contribution is -2.21. The number of nitriles is 1. The van der Waals surface area contributed by atoms with E-state index in [4.69, 9.17) is 25.7 Å². The molecule has 0 saturated heterocycles. The third kappa shape index (κ3) is 3.63. The van der Waals surface area contributed by atoms with Crippen LogP contribution in [0.2, 0.25) is 0 Å². The van der Waals surface area contributed by atoms with E-state index in [9.17, 15) is 5.26 Å². The van der Waals surface area contributed by atoms with Gasteiger partial charge in [-0.25, -0.2) is 0 Å². The van der Waals surface area contributed by atoms with Gasteiger partial charge in [0, 0.05) is 17.3 Å². The zero-order valence-corrected chi connectivity index (χ0v) is 15.5. The smallest absolute Gasteiger partial charge is 0.205 e. The third-order valence-corrected chi connectivity index (χ3v) is 4.52. The summed E-state index contributed by atoms with van der Waals surface area (Å²) in [5.74, 6) is 1.57. The molecule has 0 unspecified atom stereocenters. The van der Waals surface area contributed by atoms with Crippen LogP contribution in [0.5, 0.6) is 17.2 Å². The predicted octanol–water partition coefficient (Wildman–Crippen LogP) is 3.67. The highest BCUT2D eigenvalue weighted by molar-refractivity contribution is 5.60. The predicted molar refractivity (Wildman–Crippen MR) is 104 cm³/mol. The number of methoxy groups -OCH3 is 1. The molecule has 2 aromatic rings. The number of nitrogens with zero attached hydrogens (tertiary/aromatic N) is 1. The molecule has 140 valence electrons. The molecule has 4 N–H and O–H groups in total. The van der Waals surface area contributed by atoms with Gasteiger partial charge in [0.2, 0.25) is 5.88 Å². The quantitative estimate of drug-likeness (QED) is 0.598. The standard InChI is InChI=1S/C21H23N3O3/c1-3-4-9-26-17-8-5-13(10-19(17)25-2)20-15-7-6-14(23)11-18(15)27-21(24)16(20)12-22/h5-8,10-11,20H,3-4,9,23-24H2,1-2H3/t20-/m1/s1. The zero-order chi connectivity index (χ0) is 19.4. The van der Waals surface area contributed by atoms with Crippen molar-refractivity contribution in [1.82, 2.24) is 0 Å². The molecule has 1 aliphatic rings. The van der Waals surface area contributed by atoms with Gasteiger partial charge in [-0.15, -0.1) is 0 Å². The van der Waals surface area contributed by atoms with Gasteiger partial charge in [0.25, 0.3) is 0 Å². The number of unbranched alkanes of at least 4 members (excludes halogenated alkanes) is 1. The summed E-state index contributed by atoms with van der Waals surface area (Å²) in [6, 6.07) is 13.2. The van der Waals surface area contributed by atoms with Crippen LogP contribution in [0.25, 0.3) is 0 Å². The first-order valence-electron chi connectivity index (χ1n) is 8.86. The second-order valence-corrected chi connectivity index (χ2v) is 6.33. The summed E-state index contributed by atoms with van der Waals surface area (Å²) in [4.78, 5) is 0. The molecule has 0 aliphatic carbocycles. The van der Waals surface area contributed by atoms with Gasteiger partial charge in [-0.1, -0.05) is 25.5 Å². The van der Waals surface area contributed by atoms with E-state index < -0.39 is 0 Å². The molecule has 0 aromatic heterocycles. The first kappa shape index (κ1) is 18.5. The van der Waals surface area contributed by atoms with Crippen molar-refractivity contribution in [2.75, 3.05) is 19.5 Å². The third-order valence-electron chi connectivity index (χ3n) is 4.52. The lowest BCUT2D eigenvalue weighted by atomic mass is 9.83. The average molecular weight is 365 g/mol. The Morgan fingerprint density at radius 3 is 2.67 bits per heavy atom. The molecule has 1 aliphatic heterocycles. The molecule has 0 amide bonds. The molecule has 0 saturated carbocycles. The van der Waals surface area contributed by atoms with Crippen molar-refractivity contribution in [2.24, 2.45) is 5.73 Å². The number of benzene rings is 2. The Kier molecular flexibility index (Phi) is 5.41. The topological polar surface area (TPSA) is 104 Å². The summed E-state index contributed by atoms with van der Waals surface area (Å²) in [5, 5.41) is 9.65. The Balaban J connectivity index is 2.05. The zero-order valence-electron chi connectivity index (χ0n) is 15.5.